The SMILES string of the molecule is CNCC(=O)NC(CCN)C(=O)NC1C(C(=O)N2CCNCC2)OC(n2ccc(NCc3ccccc3)nc2=O)C(O)C1O. The fourth-order valence-corrected chi connectivity index (χ4v) is 5.14. The summed E-state index contributed by atoms with van der Waals surface area (Å²) in [5.74, 6) is -1.43. The summed E-state index contributed by atoms with van der Waals surface area (Å²) < 4.78 is 7.03. The molecule has 44 heavy (non-hydrogen) atoms. The van der Waals surface area contributed by atoms with Crippen molar-refractivity contribution < 1.29 is 29.3 Å². The third kappa shape index (κ3) is 8.16. The molecule has 3 heterocycles. The van der Waals surface area contributed by atoms with Crippen molar-refractivity contribution in [2.75, 3.05) is 51.6 Å². The average molecular weight is 616 g/mol. The number of hydrogen-bond donors (Lipinski definition) is 8. The molecule has 0 radical (unpaired) electrons. The summed E-state index contributed by atoms with van der Waals surface area (Å²) in [7, 11) is 1.58. The zero-order valence-corrected chi connectivity index (χ0v) is 24.5. The molecule has 240 valence electrons. The lowest BCUT2D eigenvalue weighted by Gasteiger charge is -2.44. The Morgan fingerprint density at radius 3 is 2.52 bits per heavy atom. The molecule has 16 heteroatoms. The number of carbonyl (C=O) groups excluding carboxylic acids is 3. The summed E-state index contributed by atoms with van der Waals surface area (Å²) in [5.41, 5.74) is 5.85. The van der Waals surface area contributed by atoms with E-state index in [0.29, 0.717) is 32.7 Å². The van der Waals surface area contributed by atoms with Gasteiger partial charge in [-0.05, 0) is 31.6 Å². The van der Waals surface area contributed by atoms with Crippen LogP contribution in [-0.2, 0) is 25.7 Å². The van der Waals surface area contributed by atoms with Gasteiger partial charge in [-0.25, -0.2) is 4.79 Å². The van der Waals surface area contributed by atoms with Gasteiger partial charge in [0.2, 0.25) is 11.8 Å². The van der Waals surface area contributed by atoms with E-state index < -0.39 is 60.0 Å². The Morgan fingerprint density at radius 2 is 1.86 bits per heavy atom. The quantitative estimate of drug-likeness (QED) is 0.116. The number of aliphatic hydroxyl groups is 2. The van der Waals surface area contributed by atoms with Crippen LogP contribution in [0.4, 0.5) is 5.82 Å². The predicted octanol–water partition coefficient (Wildman–Crippen LogP) is -3.56. The Balaban J connectivity index is 1.56. The van der Waals surface area contributed by atoms with Crippen molar-refractivity contribution in [1.29, 1.82) is 0 Å². The lowest BCUT2D eigenvalue weighted by Crippen LogP contribution is -2.68. The minimum Gasteiger partial charge on any atom is -0.388 e. The third-order valence-corrected chi connectivity index (χ3v) is 7.47. The molecular formula is C28H41N9O7. The molecule has 3 amide bonds. The maximum absolute atomic E-state index is 13.7. The Bertz CT molecular complexity index is 1320. The van der Waals surface area contributed by atoms with Crippen LogP contribution in [0.15, 0.2) is 47.4 Å². The van der Waals surface area contributed by atoms with Gasteiger partial charge in [0, 0.05) is 38.9 Å². The van der Waals surface area contributed by atoms with Crippen LogP contribution in [0, 0.1) is 0 Å². The van der Waals surface area contributed by atoms with E-state index in [9.17, 15) is 29.4 Å². The standard InChI is InChI=1S/C28H41N9O7/c1-30-16-20(38)33-18(7-9-29)25(41)35-21-22(39)23(40)27(44-24(21)26(42)36-13-10-31-11-14-36)37-12-8-19(34-28(37)43)32-15-17-5-3-2-4-6-17/h2-6,8,12,18,21-24,27,30-31,39-40H,7,9-11,13-16,29H2,1H3,(H,33,38)(H,35,41)(H,32,34,43). The molecule has 16 nitrogen and oxygen atoms in total. The highest BCUT2D eigenvalue weighted by Crippen LogP contribution is 2.29. The maximum atomic E-state index is 13.7. The van der Waals surface area contributed by atoms with Gasteiger partial charge in [-0.2, -0.15) is 4.98 Å². The number of nitrogens with zero attached hydrogens (tertiary/aromatic N) is 3. The smallest absolute Gasteiger partial charge is 0.351 e. The monoisotopic (exact) mass is 615 g/mol. The number of ether oxygens (including phenoxy) is 1. The van der Waals surface area contributed by atoms with Crippen LogP contribution in [0.1, 0.15) is 18.2 Å². The lowest BCUT2D eigenvalue weighted by atomic mass is 9.93. The fraction of sp³-hybridized carbons (Fsp3) is 0.536. The summed E-state index contributed by atoms with van der Waals surface area (Å²) in [6, 6.07) is 8.55. The van der Waals surface area contributed by atoms with Crippen molar-refractivity contribution in [3.63, 3.8) is 0 Å². The number of aromatic nitrogens is 2. The largest absolute Gasteiger partial charge is 0.388 e. The number of nitrogens with two attached hydrogens (primary N) is 1. The molecule has 0 saturated carbocycles. The van der Waals surface area contributed by atoms with Crippen molar-refractivity contribution in [3.05, 3.63) is 58.6 Å². The number of amides is 3. The highest BCUT2D eigenvalue weighted by molar-refractivity contribution is 5.89. The van der Waals surface area contributed by atoms with Gasteiger partial charge in [-0.15, -0.1) is 0 Å². The average Bonchev–Trinajstić information content (AvgIpc) is 3.03. The van der Waals surface area contributed by atoms with Crippen molar-refractivity contribution in [3.8, 4) is 0 Å². The topological polar surface area (TPSA) is 225 Å². The van der Waals surface area contributed by atoms with Gasteiger partial charge < -0.3 is 52.2 Å². The van der Waals surface area contributed by atoms with E-state index >= 15 is 0 Å². The van der Waals surface area contributed by atoms with Gasteiger partial charge in [0.05, 0.1) is 12.6 Å². The zero-order chi connectivity index (χ0) is 31.6. The molecule has 0 bridgehead atoms. The van der Waals surface area contributed by atoms with Gasteiger partial charge >= 0.3 is 5.69 Å². The van der Waals surface area contributed by atoms with Crippen molar-refractivity contribution >= 4 is 23.5 Å². The molecule has 1 aromatic carbocycles. The molecule has 9 N–H and O–H groups in total. The summed E-state index contributed by atoms with van der Waals surface area (Å²) in [6.07, 6.45) is -5.00. The van der Waals surface area contributed by atoms with E-state index in [1.54, 1.807) is 7.05 Å². The van der Waals surface area contributed by atoms with Crippen LogP contribution in [0.25, 0.3) is 0 Å². The minimum absolute atomic E-state index is 0.0443. The lowest BCUT2D eigenvalue weighted by molar-refractivity contribution is -0.218. The summed E-state index contributed by atoms with van der Waals surface area (Å²) >= 11 is 0. The second-order valence-electron chi connectivity index (χ2n) is 10.6. The maximum Gasteiger partial charge on any atom is 0.351 e. The second kappa shape index (κ2) is 15.7. The van der Waals surface area contributed by atoms with E-state index in [4.69, 9.17) is 10.5 Å². The number of likely N-dealkylation sites (N-methyl/N-ethyl adjacent to an activating group) is 1. The van der Waals surface area contributed by atoms with Crippen LogP contribution in [0.2, 0.25) is 0 Å². The minimum atomic E-state index is -1.73. The predicted molar refractivity (Wildman–Crippen MR) is 159 cm³/mol. The van der Waals surface area contributed by atoms with E-state index in [0.717, 1.165) is 10.1 Å². The van der Waals surface area contributed by atoms with Gasteiger partial charge in [-0.1, -0.05) is 30.3 Å². The molecule has 2 aliphatic heterocycles. The molecule has 0 aliphatic carbocycles. The molecule has 6 atom stereocenters. The number of rotatable bonds is 12. The van der Waals surface area contributed by atoms with Crippen molar-refractivity contribution in [2.24, 2.45) is 5.73 Å². The highest BCUT2D eigenvalue weighted by Gasteiger charge is 2.50. The number of anilines is 1. The first-order valence-electron chi connectivity index (χ1n) is 14.6. The molecule has 1 aromatic heterocycles. The van der Waals surface area contributed by atoms with Gasteiger partial charge in [0.1, 0.15) is 24.1 Å². The molecule has 0 spiro atoms. The van der Waals surface area contributed by atoms with Gasteiger partial charge in [0.25, 0.3) is 5.91 Å². The van der Waals surface area contributed by atoms with Crippen molar-refractivity contribution in [2.45, 2.75) is 49.6 Å². The molecule has 4 rings (SSSR count). The van der Waals surface area contributed by atoms with E-state index in [2.05, 4.69) is 31.6 Å². The molecule has 6 unspecified atom stereocenters. The molecule has 2 aromatic rings. The number of carbonyl (C=O) groups is 3. The number of hydrogen-bond acceptors (Lipinski definition) is 12. The summed E-state index contributed by atoms with van der Waals surface area (Å²) in [6.45, 7) is 2.20. The van der Waals surface area contributed by atoms with E-state index in [-0.39, 0.29) is 25.3 Å². The van der Waals surface area contributed by atoms with Crippen LogP contribution < -0.4 is 38.0 Å². The third-order valence-electron chi connectivity index (χ3n) is 7.47. The second-order valence-corrected chi connectivity index (χ2v) is 10.6. The summed E-state index contributed by atoms with van der Waals surface area (Å²) in [5, 5.41) is 36.4. The Kier molecular flexibility index (Phi) is 11.8. The fourth-order valence-electron chi connectivity index (χ4n) is 5.14. The number of nitrogens with one attached hydrogen (secondary N) is 5. The molecule has 2 fully saturated rings. The Labute approximate surface area is 254 Å². The van der Waals surface area contributed by atoms with E-state index in [1.165, 1.54) is 17.2 Å². The molecular weight excluding hydrogens is 574 g/mol. The van der Waals surface area contributed by atoms with E-state index in [1.807, 2.05) is 30.3 Å². The van der Waals surface area contributed by atoms with Gasteiger partial charge in [-0.3, -0.25) is 19.0 Å². The molecule has 2 saturated heterocycles. The van der Waals surface area contributed by atoms with Crippen molar-refractivity contribution in [1.82, 2.24) is 35.7 Å². The zero-order valence-electron chi connectivity index (χ0n) is 24.5. The highest BCUT2D eigenvalue weighted by atomic mass is 16.5. The molecule has 2 aliphatic rings. The van der Waals surface area contributed by atoms with Crippen LogP contribution in [0.3, 0.4) is 0 Å². The number of piperazine rings is 1. The normalized spacial score (nSPS) is 24.3. The van der Waals surface area contributed by atoms with Crippen LogP contribution >= 0.6 is 0 Å². The van der Waals surface area contributed by atoms with Crippen LogP contribution in [0.5, 0.6) is 0 Å². The van der Waals surface area contributed by atoms with Crippen LogP contribution in [-0.4, -0.2) is 119 Å². The first kappa shape index (κ1) is 33.0. The summed E-state index contributed by atoms with van der Waals surface area (Å²) in [4.78, 5) is 57.8. The first-order valence-corrected chi connectivity index (χ1v) is 14.6. The number of benzene rings is 1. The van der Waals surface area contributed by atoms with Gasteiger partial charge in [0.15, 0.2) is 12.3 Å². The number of aliphatic hydroxyl groups excluding tert-OH is 2. The first-order chi connectivity index (χ1) is 21.2. The Morgan fingerprint density at radius 1 is 1.14 bits per heavy atom. The Hall–Kier alpha value is -3.93.